The van der Waals surface area contributed by atoms with Crippen molar-refractivity contribution in [1.82, 2.24) is 0 Å². The van der Waals surface area contributed by atoms with E-state index in [0.29, 0.717) is 17.5 Å². The molecule has 0 saturated carbocycles. The van der Waals surface area contributed by atoms with Crippen molar-refractivity contribution < 1.29 is 49.0 Å². The van der Waals surface area contributed by atoms with Crippen LogP contribution >= 0.6 is 0 Å². The number of aromatic carboxylic acids is 1. The molecule has 194 valence electrons. The highest BCUT2D eigenvalue weighted by Gasteiger charge is 2.41. The van der Waals surface area contributed by atoms with Crippen molar-refractivity contribution in [3.63, 3.8) is 0 Å². The van der Waals surface area contributed by atoms with Crippen LogP contribution in [0.4, 0.5) is 0 Å². The molecule has 3 aromatic carbocycles. The first-order chi connectivity index (χ1) is 18.0. The number of methoxy groups -OCH3 is 1. The highest BCUT2D eigenvalue weighted by atomic mass is 16.7. The van der Waals surface area contributed by atoms with Gasteiger partial charge in [-0.3, -0.25) is 4.79 Å². The second kappa shape index (κ2) is 7.62. The van der Waals surface area contributed by atoms with Crippen LogP contribution in [0.15, 0.2) is 27.4 Å². The van der Waals surface area contributed by atoms with Gasteiger partial charge in [0.25, 0.3) is 0 Å². The minimum atomic E-state index is -1.48. The third-order valence-electron chi connectivity index (χ3n) is 7.35. The second-order valence-electron chi connectivity index (χ2n) is 9.52. The number of aryl methyl sites for hydroxylation is 1. The minimum absolute atomic E-state index is 0.0423. The molecular weight excluding hydrogens is 500 g/mol. The quantitative estimate of drug-likeness (QED) is 0.148. The molecule has 11 nitrogen and oxygen atoms in total. The van der Waals surface area contributed by atoms with Gasteiger partial charge in [0.1, 0.15) is 44.7 Å². The zero-order valence-corrected chi connectivity index (χ0v) is 20.0. The van der Waals surface area contributed by atoms with Crippen molar-refractivity contribution in [3.8, 4) is 34.1 Å². The molecule has 5 N–H and O–H groups in total. The van der Waals surface area contributed by atoms with Crippen LogP contribution < -0.4 is 5.43 Å². The number of ether oxygens (including phenoxy) is 2. The molecule has 2 aliphatic rings. The van der Waals surface area contributed by atoms with Gasteiger partial charge >= 0.3 is 11.9 Å². The lowest BCUT2D eigenvalue weighted by molar-refractivity contribution is -0.177. The topological polar surface area (TPSA) is 184 Å². The van der Waals surface area contributed by atoms with E-state index in [4.69, 9.17) is 13.9 Å². The Bertz CT molecular complexity index is 1830. The smallest absolute Gasteiger partial charge is 0.344 e. The van der Waals surface area contributed by atoms with Gasteiger partial charge in [-0.15, -0.1) is 0 Å². The van der Waals surface area contributed by atoms with Gasteiger partial charge in [0.05, 0.1) is 0 Å². The van der Waals surface area contributed by atoms with Crippen LogP contribution in [-0.4, -0.2) is 50.4 Å². The van der Waals surface area contributed by atoms with Crippen LogP contribution in [0, 0.1) is 0 Å². The van der Waals surface area contributed by atoms with Crippen molar-refractivity contribution in [3.05, 3.63) is 56.2 Å². The maximum Gasteiger partial charge on any atom is 0.344 e. The number of carbonyl (C=O) groups is 2. The van der Waals surface area contributed by atoms with Gasteiger partial charge in [0.2, 0.25) is 11.2 Å². The number of fused-ring (bicyclic) bond motifs is 6. The summed E-state index contributed by atoms with van der Waals surface area (Å²) >= 11 is 0. The zero-order chi connectivity index (χ0) is 27.3. The van der Waals surface area contributed by atoms with E-state index >= 15 is 0 Å². The van der Waals surface area contributed by atoms with Crippen molar-refractivity contribution in [2.75, 3.05) is 7.11 Å². The summed E-state index contributed by atoms with van der Waals surface area (Å²) in [5, 5.41) is 52.6. The Morgan fingerprint density at radius 3 is 2.34 bits per heavy atom. The Labute approximate surface area is 212 Å². The number of aromatic hydroxyl groups is 4. The summed E-state index contributed by atoms with van der Waals surface area (Å²) in [6.07, 6.45) is 0.682. The van der Waals surface area contributed by atoms with Gasteiger partial charge < -0.3 is 39.4 Å². The molecule has 0 spiro atoms. The maximum absolute atomic E-state index is 13.5. The second-order valence-corrected chi connectivity index (χ2v) is 9.52. The first kappa shape index (κ1) is 23.6. The van der Waals surface area contributed by atoms with E-state index in [1.165, 1.54) is 13.2 Å². The number of carboxylic acid groups (broad SMARTS) is 1. The summed E-state index contributed by atoms with van der Waals surface area (Å²) < 4.78 is 16.3. The molecule has 0 fully saturated rings. The third-order valence-corrected chi connectivity index (χ3v) is 7.35. The predicted octanol–water partition coefficient (Wildman–Crippen LogP) is 3.31. The van der Waals surface area contributed by atoms with Crippen LogP contribution in [0.1, 0.15) is 44.3 Å². The number of hydrogen-bond donors (Lipinski definition) is 5. The average molecular weight is 520 g/mol. The van der Waals surface area contributed by atoms with Crippen LogP contribution in [0.3, 0.4) is 0 Å². The number of carbonyl (C=O) groups excluding carboxylic acids is 1. The Balaban J connectivity index is 1.70. The number of esters is 1. The fraction of sp³-hybridized carbons (Fsp3) is 0.222. The predicted molar refractivity (Wildman–Crippen MR) is 131 cm³/mol. The summed E-state index contributed by atoms with van der Waals surface area (Å²) in [5.74, 6) is -6.03. The van der Waals surface area contributed by atoms with E-state index in [9.17, 15) is 39.9 Å². The van der Waals surface area contributed by atoms with Gasteiger partial charge in [0, 0.05) is 37.1 Å². The molecule has 2 heterocycles. The summed E-state index contributed by atoms with van der Waals surface area (Å²) in [5.41, 5.74) is -1.06. The van der Waals surface area contributed by atoms with Crippen molar-refractivity contribution in [2.24, 2.45) is 0 Å². The molecule has 6 rings (SSSR count). The van der Waals surface area contributed by atoms with Crippen LogP contribution in [0.5, 0.6) is 23.0 Å². The van der Waals surface area contributed by atoms with Crippen molar-refractivity contribution in [1.29, 1.82) is 0 Å². The Hall–Kier alpha value is -4.77. The summed E-state index contributed by atoms with van der Waals surface area (Å²) in [6.45, 7) is 1.59. The standard InChI is InChI=1S/C27H20O11/c1-27(36-2)8-10-7-9-3-4-11-16(14(9)21(30)15(10)26(35)38-27)22(31)18-23(32)17-13(37-24(18)20(11)29)6-5-12(19(17)28)25(33)34/h5-7,28-31H,3-4,8H2,1-2H3,(H,33,34)/t27-/m0/s1. The van der Waals surface area contributed by atoms with Gasteiger partial charge in [-0.1, -0.05) is 6.07 Å². The zero-order valence-electron chi connectivity index (χ0n) is 20.0. The lowest BCUT2D eigenvalue weighted by atomic mass is 9.79. The van der Waals surface area contributed by atoms with Crippen molar-refractivity contribution >= 4 is 33.9 Å². The number of hydrogen-bond acceptors (Lipinski definition) is 10. The van der Waals surface area contributed by atoms with Crippen LogP contribution in [0.2, 0.25) is 0 Å². The molecule has 0 saturated heterocycles. The summed E-state index contributed by atoms with van der Waals surface area (Å²) in [4.78, 5) is 37.8. The summed E-state index contributed by atoms with van der Waals surface area (Å²) in [7, 11) is 1.39. The molecule has 11 heteroatoms. The normalized spacial score (nSPS) is 18.1. The molecule has 1 atom stereocenters. The molecule has 0 radical (unpaired) electrons. The molecule has 1 aliphatic heterocycles. The maximum atomic E-state index is 13.5. The highest BCUT2D eigenvalue weighted by molar-refractivity contribution is 6.08. The number of benzene rings is 3. The average Bonchev–Trinajstić information content (AvgIpc) is 2.86. The first-order valence-corrected chi connectivity index (χ1v) is 11.6. The molecule has 0 amide bonds. The van der Waals surface area contributed by atoms with Crippen molar-refractivity contribution in [2.45, 2.75) is 32.0 Å². The van der Waals surface area contributed by atoms with Gasteiger partial charge in [-0.25, -0.2) is 9.59 Å². The van der Waals surface area contributed by atoms with E-state index in [2.05, 4.69) is 0 Å². The molecule has 4 aromatic rings. The number of cyclic esters (lactones) is 1. The van der Waals surface area contributed by atoms with Crippen LogP contribution in [-0.2, 0) is 28.7 Å². The monoisotopic (exact) mass is 520 g/mol. The molecule has 0 unspecified atom stereocenters. The Kier molecular flexibility index (Phi) is 4.74. The number of rotatable bonds is 2. The number of carboxylic acids is 1. The lowest BCUT2D eigenvalue weighted by Crippen LogP contribution is -2.40. The molecule has 0 bridgehead atoms. The number of phenols is 4. The Morgan fingerprint density at radius 2 is 1.66 bits per heavy atom. The first-order valence-electron chi connectivity index (χ1n) is 11.6. The molecule has 38 heavy (non-hydrogen) atoms. The van der Waals surface area contributed by atoms with Gasteiger partial charge in [-0.05, 0) is 36.1 Å². The largest absolute Gasteiger partial charge is 0.506 e. The molecule has 1 aromatic heterocycles. The lowest BCUT2D eigenvalue weighted by Gasteiger charge is -2.34. The fourth-order valence-corrected chi connectivity index (χ4v) is 5.49. The SMILES string of the molecule is CO[C@]1(C)Cc2cc3c(c(O)c2C(=O)O1)-c1c(c(O)c2oc4ccc(C(=O)O)c(O)c4c(=O)c2c1O)CC3. The summed E-state index contributed by atoms with van der Waals surface area (Å²) in [6, 6.07) is 3.91. The Morgan fingerprint density at radius 1 is 0.921 bits per heavy atom. The third kappa shape index (κ3) is 2.96. The van der Waals surface area contributed by atoms with Crippen LogP contribution in [0.25, 0.3) is 33.1 Å². The van der Waals surface area contributed by atoms with E-state index < -0.39 is 62.5 Å². The van der Waals surface area contributed by atoms with E-state index in [0.717, 1.165) is 6.07 Å². The minimum Gasteiger partial charge on any atom is -0.506 e. The van der Waals surface area contributed by atoms with E-state index in [1.807, 2.05) is 0 Å². The highest BCUT2D eigenvalue weighted by Crippen LogP contribution is 2.53. The fourth-order valence-electron chi connectivity index (χ4n) is 5.49. The van der Waals surface area contributed by atoms with E-state index in [1.54, 1.807) is 13.0 Å². The number of phenolic OH excluding ortho intramolecular Hbond substituents is 3. The molecule has 1 aliphatic carbocycles. The van der Waals surface area contributed by atoms with Gasteiger partial charge in [0.15, 0.2) is 11.3 Å². The van der Waals surface area contributed by atoms with E-state index in [-0.39, 0.29) is 46.3 Å². The van der Waals surface area contributed by atoms with Gasteiger partial charge in [-0.2, -0.15) is 0 Å². The molecular formula is C27H20O11.